The molecule has 0 saturated carbocycles. The van der Waals surface area contributed by atoms with Crippen molar-refractivity contribution in [1.82, 2.24) is 10.9 Å². The van der Waals surface area contributed by atoms with Gasteiger partial charge in [-0.15, -0.1) is 0 Å². The van der Waals surface area contributed by atoms with E-state index in [2.05, 4.69) is 15.8 Å². The van der Waals surface area contributed by atoms with Crippen LogP contribution in [0.15, 0.2) is 68.8 Å². The van der Waals surface area contributed by atoms with Gasteiger partial charge in [0, 0.05) is 24.1 Å². The first-order valence-corrected chi connectivity index (χ1v) is 12.0. The normalized spacial score (nSPS) is 12.1. The fourth-order valence-corrected chi connectivity index (χ4v) is 3.94. The number of aliphatic imine (C=N–C) groups is 1. The minimum atomic E-state index is -0.492. The summed E-state index contributed by atoms with van der Waals surface area (Å²) in [5.41, 5.74) is 6.73. The lowest BCUT2D eigenvalue weighted by Gasteiger charge is -2.14. The number of fused-ring (bicyclic) bond motifs is 1. The topological polar surface area (TPSA) is 119 Å². The van der Waals surface area contributed by atoms with E-state index in [-0.39, 0.29) is 19.2 Å². The molecule has 3 aromatic rings. The largest absolute Gasteiger partial charge is 0.484 e. The van der Waals surface area contributed by atoms with Crippen molar-refractivity contribution >= 4 is 39.8 Å². The average molecular weight is 498 g/mol. The van der Waals surface area contributed by atoms with E-state index in [9.17, 15) is 14.4 Å². The summed E-state index contributed by atoms with van der Waals surface area (Å²) in [6.07, 6.45) is 0. The van der Waals surface area contributed by atoms with Gasteiger partial charge in [-0.2, -0.15) is 0 Å². The fourth-order valence-electron chi connectivity index (χ4n) is 3.12. The van der Waals surface area contributed by atoms with E-state index in [0.717, 1.165) is 28.3 Å². The Morgan fingerprint density at radius 3 is 2.57 bits per heavy atom. The molecule has 9 nitrogen and oxygen atoms in total. The first-order chi connectivity index (χ1) is 16.9. The summed E-state index contributed by atoms with van der Waals surface area (Å²) >= 11 is 1.14. The molecule has 1 atom stereocenters. The highest BCUT2D eigenvalue weighted by Crippen LogP contribution is 2.29. The van der Waals surface area contributed by atoms with Crippen LogP contribution in [-0.2, 0) is 14.3 Å². The number of hydrogen-bond donors (Lipinski definition) is 2. The summed E-state index contributed by atoms with van der Waals surface area (Å²) < 4.78 is 15.9. The van der Waals surface area contributed by atoms with Crippen molar-refractivity contribution in [2.45, 2.75) is 26.0 Å². The summed E-state index contributed by atoms with van der Waals surface area (Å²) in [5.74, 6) is -0.456. The zero-order valence-corrected chi connectivity index (χ0v) is 20.5. The number of nitrogens with zero attached hydrogens (tertiary/aromatic N) is 1. The van der Waals surface area contributed by atoms with Gasteiger partial charge in [0.15, 0.2) is 11.8 Å². The first kappa shape index (κ1) is 25.8. The van der Waals surface area contributed by atoms with Gasteiger partial charge in [0.25, 0.3) is 5.91 Å². The number of carbonyl (C=O) groups is 2. The number of thioether (sulfide) groups is 1. The summed E-state index contributed by atoms with van der Waals surface area (Å²) in [6, 6.07) is 16.0. The SMILES string of the molecule is CCN=C(NNC(=O)COc1ccc2c(-c3ccccc3)cc(=O)oc2c1)SC(C)C(=O)OCC. The van der Waals surface area contributed by atoms with E-state index in [1.54, 1.807) is 32.0 Å². The first-order valence-electron chi connectivity index (χ1n) is 11.1. The third-order valence-corrected chi connectivity index (χ3v) is 5.69. The van der Waals surface area contributed by atoms with Crippen molar-refractivity contribution in [3.05, 3.63) is 65.0 Å². The maximum atomic E-state index is 12.3. The number of hydrazine groups is 1. The molecule has 184 valence electrons. The molecule has 0 fully saturated rings. The predicted molar refractivity (Wildman–Crippen MR) is 136 cm³/mol. The molecule has 1 heterocycles. The van der Waals surface area contributed by atoms with E-state index in [1.165, 1.54) is 6.07 Å². The zero-order chi connectivity index (χ0) is 25.2. The van der Waals surface area contributed by atoms with Crippen LogP contribution in [0.4, 0.5) is 0 Å². The highest BCUT2D eigenvalue weighted by Gasteiger charge is 2.18. The monoisotopic (exact) mass is 497 g/mol. The molecule has 0 aliphatic heterocycles. The minimum Gasteiger partial charge on any atom is -0.484 e. The second-order valence-corrected chi connectivity index (χ2v) is 8.59. The molecule has 1 unspecified atom stereocenters. The van der Waals surface area contributed by atoms with E-state index in [0.29, 0.717) is 23.0 Å². The van der Waals surface area contributed by atoms with Gasteiger partial charge in [-0.3, -0.25) is 25.4 Å². The van der Waals surface area contributed by atoms with Gasteiger partial charge in [0.2, 0.25) is 0 Å². The van der Waals surface area contributed by atoms with Crippen molar-refractivity contribution in [2.75, 3.05) is 19.8 Å². The molecule has 0 aliphatic rings. The van der Waals surface area contributed by atoms with Gasteiger partial charge in [0.05, 0.1) is 6.61 Å². The van der Waals surface area contributed by atoms with Gasteiger partial charge < -0.3 is 13.9 Å². The number of rotatable bonds is 8. The van der Waals surface area contributed by atoms with E-state index in [4.69, 9.17) is 13.9 Å². The van der Waals surface area contributed by atoms with Crippen LogP contribution in [0.5, 0.6) is 5.75 Å². The van der Waals surface area contributed by atoms with Crippen LogP contribution in [0.2, 0.25) is 0 Å². The molecule has 0 aliphatic carbocycles. The van der Waals surface area contributed by atoms with Crippen molar-refractivity contribution in [3.8, 4) is 16.9 Å². The van der Waals surface area contributed by atoms with E-state index >= 15 is 0 Å². The number of amidine groups is 1. The number of nitrogens with one attached hydrogen (secondary N) is 2. The summed E-state index contributed by atoms with van der Waals surface area (Å²) in [5, 5.41) is 0.638. The Bertz CT molecular complexity index is 1260. The van der Waals surface area contributed by atoms with Crippen LogP contribution < -0.4 is 21.2 Å². The molecule has 0 saturated heterocycles. The Morgan fingerprint density at radius 1 is 1.09 bits per heavy atom. The molecule has 1 aromatic heterocycles. The Morgan fingerprint density at radius 2 is 1.86 bits per heavy atom. The standard InChI is InChI=1S/C25H27N3O6S/c1-4-26-25(35-16(3)24(31)32-5-2)28-27-22(29)15-33-18-11-12-19-20(17-9-7-6-8-10-17)14-23(30)34-21(19)13-18/h6-14,16H,4-5,15H2,1-3H3,(H,26,28)(H,27,29). The maximum absolute atomic E-state index is 12.3. The Balaban J connectivity index is 1.62. The van der Waals surface area contributed by atoms with Crippen molar-refractivity contribution in [2.24, 2.45) is 4.99 Å². The number of carbonyl (C=O) groups excluding carboxylic acids is 2. The zero-order valence-electron chi connectivity index (χ0n) is 19.7. The van der Waals surface area contributed by atoms with Crippen LogP contribution in [0.1, 0.15) is 20.8 Å². The van der Waals surface area contributed by atoms with Gasteiger partial charge in [-0.25, -0.2) is 4.79 Å². The van der Waals surface area contributed by atoms with Gasteiger partial charge in [-0.1, -0.05) is 42.1 Å². The van der Waals surface area contributed by atoms with Crippen molar-refractivity contribution < 1.29 is 23.5 Å². The third-order valence-electron chi connectivity index (χ3n) is 4.69. The van der Waals surface area contributed by atoms with Crippen LogP contribution in [0.3, 0.4) is 0 Å². The second kappa shape index (κ2) is 12.6. The Labute approximate surface area is 206 Å². The van der Waals surface area contributed by atoms with E-state index < -0.39 is 16.8 Å². The molecule has 2 N–H and O–H groups in total. The highest BCUT2D eigenvalue weighted by atomic mass is 32.2. The lowest BCUT2D eigenvalue weighted by molar-refractivity contribution is -0.142. The lowest BCUT2D eigenvalue weighted by atomic mass is 10.0. The molecule has 10 heteroatoms. The maximum Gasteiger partial charge on any atom is 0.336 e. The molecule has 1 amide bonds. The van der Waals surface area contributed by atoms with Crippen LogP contribution >= 0.6 is 11.8 Å². The molecular weight excluding hydrogens is 470 g/mol. The van der Waals surface area contributed by atoms with Crippen molar-refractivity contribution in [3.63, 3.8) is 0 Å². The van der Waals surface area contributed by atoms with Crippen LogP contribution in [-0.4, -0.2) is 42.1 Å². The Kier molecular flexibility index (Phi) is 9.31. The number of hydrogen-bond acceptors (Lipinski definition) is 8. The lowest BCUT2D eigenvalue weighted by Crippen LogP contribution is -2.43. The summed E-state index contributed by atoms with van der Waals surface area (Å²) in [7, 11) is 0. The minimum absolute atomic E-state index is 0.289. The molecule has 0 bridgehead atoms. The van der Waals surface area contributed by atoms with Crippen molar-refractivity contribution in [1.29, 1.82) is 0 Å². The number of esters is 1. The number of benzene rings is 2. The van der Waals surface area contributed by atoms with Gasteiger partial charge in [0.1, 0.15) is 16.6 Å². The van der Waals surface area contributed by atoms with Gasteiger partial charge in [-0.05, 0) is 44.0 Å². The number of amides is 1. The molecule has 0 radical (unpaired) electrons. The third kappa shape index (κ3) is 7.35. The molecule has 0 spiro atoms. The Hall–Kier alpha value is -3.79. The quantitative estimate of drug-likeness (QED) is 0.160. The molecular formula is C25H27N3O6S. The predicted octanol–water partition coefficient (Wildman–Crippen LogP) is 3.52. The second-order valence-electron chi connectivity index (χ2n) is 7.26. The van der Waals surface area contributed by atoms with E-state index in [1.807, 2.05) is 37.3 Å². The smallest absolute Gasteiger partial charge is 0.336 e. The average Bonchev–Trinajstić information content (AvgIpc) is 2.86. The van der Waals surface area contributed by atoms with Crippen LogP contribution in [0, 0.1) is 0 Å². The molecule has 35 heavy (non-hydrogen) atoms. The van der Waals surface area contributed by atoms with Crippen LogP contribution in [0.25, 0.3) is 22.1 Å². The summed E-state index contributed by atoms with van der Waals surface area (Å²) in [4.78, 5) is 40.4. The van der Waals surface area contributed by atoms with Gasteiger partial charge >= 0.3 is 11.6 Å². The molecule has 2 aromatic carbocycles. The number of ether oxygens (including phenoxy) is 2. The summed E-state index contributed by atoms with van der Waals surface area (Å²) in [6.45, 7) is 5.73. The fraction of sp³-hybridized carbons (Fsp3) is 0.280. The molecule has 3 rings (SSSR count). The highest BCUT2D eigenvalue weighted by molar-refractivity contribution is 8.14.